The second-order valence-corrected chi connectivity index (χ2v) is 13.1. The molecule has 2 aliphatic carbocycles. The van der Waals surface area contributed by atoms with Crippen molar-refractivity contribution in [2.24, 2.45) is 29.6 Å². The summed E-state index contributed by atoms with van der Waals surface area (Å²) in [5.74, 6) is 1.87. The number of aliphatic hydroxyl groups excluding tert-OH is 1. The van der Waals surface area contributed by atoms with Crippen LogP contribution in [-0.4, -0.2) is 36.9 Å². The van der Waals surface area contributed by atoms with Gasteiger partial charge in [-0.05, 0) is 117 Å². The van der Waals surface area contributed by atoms with Gasteiger partial charge in [0.2, 0.25) is 0 Å². The molecule has 3 rings (SSSR count). The quantitative estimate of drug-likeness (QED) is 0.121. The van der Waals surface area contributed by atoms with E-state index in [2.05, 4.69) is 57.3 Å². The van der Waals surface area contributed by atoms with E-state index in [9.17, 15) is 9.59 Å². The van der Waals surface area contributed by atoms with E-state index in [4.69, 9.17) is 14.6 Å². The highest BCUT2D eigenvalue weighted by Gasteiger charge is 2.32. The Hall–Kier alpha value is -2.66. The van der Waals surface area contributed by atoms with Gasteiger partial charge in [-0.1, -0.05) is 70.2 Å². The summed E-state index contributed by atoms with van der Waals surface area (Å²) in [5, 5.41) is 9.11. The smallest absolute Gasteiger partial charge is 0.335 e. The van der Waals surface area contributed by atoms with E-state index in [-0.39, 0.29) is 24.1 Å². The first-order valence-corrected chi connectivity index (χ1v) is 16.2. The Labute approximate surface area is 254 Å². The lowest BCUT2D eigenvalue weighted by Crippen LogP contribution is -2.30. The number of allylic oxidation sites excluding steroid dienone is 2. The van der Waals surface area contributed by atoms with Crippen LogP contribution in [-0.2, 0) is 25.5 Å². The molecule has 0 aromatic heterocycles. The lowest BCUT2D eigenvalue weighted by molar-refractivity contribution is -0.144. The van der Waals surface area contributed by atoms with Gasteiger partial charge in [-0.25, -0.2) is 9.59 Å². The standard InChI is InChI=1S/C37H54O5/c1-26(2)8-6-7-9-29-10-12-30(13-11-29)31-14-16-32(17-15-31)33-18-20-34(21-19-33)35(25-42-36(39)27(3)4)22-23-41-37(40)28(5)24-38/h10-14,26,32-35,38H,3,5-9,15-25H2,1-2,4H3. The summed E-state index contributed by atoms with van der Waals surface area (Å²) in [5.41, 5.74) is 4.79. The number of unbranched alkanes of at least 4 members (excludes halogenated alkanes) is 1. The third kappa shape index (κ3) is 10.9. The summed E-state index contributed by atoms with van der Waals surface area (Å²) in [6.45, 7) is 13.6. The lowest BCUT2D eigenvalue weighted by atomic mass is 9.68. The third-order valence-electron chi connectivity index (χ3n) is 9.40. The monoisotopic (exact) mass is 578 g/mol. The highest BCUT2D eigenvalue weighted by Crippen LogP contribution is 2.43. The molecule has 5 heteroatoms. The predicted octanol–water partition coefficient (Wildman–Crippen LogP) is 8.26. The van der Waals surface area contributed by atoms with E-state index < -0.39 is 12.6 Å². The van der Waals surface area contributed by atoms with E-state index in [0.717, 1.165) is 43.4 Å². The van der Waals surface area contributed by atoms with Crippen LogP contribution in [0.1, 0.15) is 103 Å². The molecule has 0 saturated heterocycles. The topological polar surface area (TPSA) is 72.8 Å². The molecule has 1 aromatic rings. The molecule has 1 saturated carbocycles. The van der Waals surface area contributed by atoms with Gasteiger partial charge in [0.25, 0.3) is 0 Å². The fourth-order valence-corrected chi connectivity index (χ4v) is 6.63. The van der Waals surface area contributed by atoms with Gasteiger partial charge in [-0.15, -0.1) is 0 Å². The zero-order valence-corrected chi connectivity index (χ0v) is 26.4. The summed E-state index contributed by atoms with van der Waals surface area (Å²) in [6.07, 6.45) is 16.3. The molecule has 1 N–H and O–H groups in total. The highest BCUT2D eigenvalue weighted by atomic mass is 16.5. The second-order valence-electron chi connectivity index (χ2n) is 13.1. The number of hydrogen-bond acceptors (Lipinski definition) is 5. The molecule has 0 amide bonds. The molecule has 232 valence electrons. The molecule has 5 nitrogen and oxygen atoms in total. The van der Waals surface area contributed by atoms with Crippen LogP contribution in [0.5, 0.6) is 0 Å². The number of rotatable bonds is 16. The molecule has 0 radical (unpaired) electrons. The van der Waals surface area contributed by atoms with Gasteiger partial charge in [-0.3, -0.25) is 0 Å². The average Bonchev–Trinajstić information content (AvgIpc) is 3.00. The van der Waals surface area contributed by atoms with E-state index in [1.54, 1.807) is 6.92 Å². The molecule has 2 atom stereocenters. The number of benzene rings is 1. The Morgan fingerprint density at radius 1 is 0.929 bits per heavy atom. The maximum atomic E-state index is 12.1. The summed E-state index contributed by atoms with van der Waals surface area (Å²) < 4.78 is 10.8. The zero-order chi connectivity index (χ0) is 30.5. The fourth-order valence-electron chi connectivity index (χ4n) is 6.63. The normalized spacial score (nSPS) is 21.4. The molecule has 0 bridgehead atoms. The van der Waals surface area contributed by atoms with Crippen molar-refractivity contribution >= 4 is 17.5 Å². The van der Waals surface area contributed by atoms with Gasteiger partial charge >= 0.3 is 11.9 Å². The number of aryl methyl sites for hydroxylation is 1. The van der Waals surface area contributed by atoms with Gasteiger partial charge < -0.3 is 14.6 Å². The SMILES string of the molecule is C=C(C)C(=O)OCC(CCOC(=O)C(=C)CO)C1CCC(C2CC=C(c3ccc(CCCCC(C)C)cc3)CC2)CC1. The van der Waals surface area contributed by atoms with Gasteiger partial charge in [0.1, 0.15) is 0 Å². The summed E-state index contributed by atoms with van der Waals surface area (Å²) in [7, 11) is 0. The van der Waals surface area contributed by atoms with E-state index in [0.29, 0.717) is 24.5 Å². The molecule has 2 unspecified atom stereocenters. The summed E-state index contributed by atoms with van der Waals surface area (Å²) in [4.78, 5) is 24.0. The van der Waals surface area contributed by atoms with Crippen molar-refractivity contribution in [2.75, 3.05) is 19.8 Å². The third-order valence-corrected chi connectivity index (χ3v) is 9.40. The van der Waals surface area contributed by atoms with Crippen LogP contribution < -0.4 is 0 Å². The second kappa shape index (κ2) is 17.5. The maximum Gasteiger partial charge on any atom is 0.335 e. The zero-order valence-electron chi connectivity index (χ0n) is 26.4. The predicted molar refractivity (Wildman–Crippen MR) is 171 cm³/mol. The van der Waals surface area contributed by atoms with Crippen LogP contribution in [0.3, 0.4) is 0 Å². The van der Waals surface area contributed by atoms with E-state index in [1.165, 1.54) is 61.6 Å². The summed E-state index contributed by atoms with van der Waals surface area (Å²) in [6, 6.07) is 9.31. The van der Waals surface area contributed by atoms with Crippen LogP contribution in [0.15, 0.2) is 54.6 Å². The van der Waals surface area contributed by atoms with Gasteiger partial charge in [0.15, 0.2) is 0 Å². The van der Waals surface area contributed by atoms with E-state index in [1.807, 2.05) is 0 Å². The molecule has 1 fully saturated rings. The number of carbonyl (C=O) groups is 2. The van der Waals surface area contributed by atoms with Crippen LogP contribution in [0.2, 0.25) is 0 Å². The lowest BCUT2D eigenvalue weighted by Gasteiger charge is -2.38. The minimum Gasteiger partial charge on any atom is -0.462 e. The Kier molecular flexibility index (Phi) is 14.1. The molecule has 2 aliphatic rings. The van der Waals surface area contributed by atoms with Crippen LogP contribution in [0, 0.1) is 29.6 Å². The minimum absolute atomic E-state index is 0.0509. The number of ether oxygens (including phenoxy) is 2. The molecule has 0 spiro atoms. The molecular formula is C37H54O5. The summed E-state index contributed by atoms with van der Waals surface area (Å²) >= 11 is 0. The Balaban J connectivity index is 1.47. The Morgan fingerprint density at radius 3 is 2.24 bits per heavy atom. The van der Waals surface area contributed by atoms with E-state index >= 15 is 0 Å². The van der Waals surface area contributed by atoms with Gasteiger partial charge in [-0.2, -0.15) is 0 Å². The average molecular weight is 579 g/mol. The van der Waals surface area contributed by atoms with Gasteiger partial charge in [0, 0.05) is 5.57 Å². The van der Waals surface area contributed by atoms with Crippen molar-refractivity contribution in [1.82, 2.24) is 0 Å². The van der Waals surface area contributed by atoms with Crippen molar-refractivity contribution in [1.29, 1.82) is 0 Å². The van der Waals surface area contributed by atoms with Crippen molar-refractivity contribution in [3.63, 3.8) is 0 Å². The molecular weight excluding hydrogens is 524 g/mol. The number of aliphatic hydroxyl groups is 1. The molecule has 0 aliphatic heterocycles. The largest absolute Gasteiger partial charge is 0.462 e. The number of esters is 2. The number of carbonyl (C=O) groups excluding carboxylic acids is 2. The van der Waals surface area contributed by atoms with Crippen molar-refractivity contribution in [3.8, 4) is 0 Å². The van der Waals surface area contributed by atoms with Crippen LogP contribution in [0.25, 0.3) is 5.57 Å². The van der Waals surface area contributed by atoms with Crippen molar-refractivity contribution in [2.45, 2.75) is 97.8 Å². The molecule has 0 heterocycles. The Bertz CT molecular complexity index is 1060. The highest BCUT2D eigenvalue weighted by molar-refractivity contribution is 5.88. The van der Waals surface area contributed by atoms with Gasteiger partial charge in [0.05, 0.1) is 25.4 Å². The molecule has 1 aromatic carbocycles. The first-order chi connectivity index (χ1) is 20.2. The van der Waals surface area contributed by atoms with Crippen molar-refractivity contribution in [3.05, 3.63) is 65.8 Å². The fraction of sp³-hybridized carbons (Fsp3) is 0.622. The van der Waals surface area contributed by atoms with Crippen molar-refractivity contribution < 1.29 is 24.2 Å². The molecule has 42 heavy (non-hydrogen) atoms. The first-order valence-electron chi connectivity index (χ1n) is 16.2. The van der Waals surface area contributed by atoms with Crippen LogP contribution in [0.4, 0.5) is 0 Å². The number of hydrogen-bond donors (Lipinski definition) is 1. The first kappa shape index (κ1) is 33.8. The van der Waals surface area contributed by atoms with Crippen LogP contribution >= 0.6 is 0 Å². The minimum atomic E-state index is -0.573. The maximum absolute atomic E-state index is 12.1. The Morgan fingerprint density at radius 2 is 1.64 bits per heavy atom.